The van der Waals surface area contributed by atoms with Crippen LogP contribution in [0.25, 0.3) is 0 Å². The van der Waals surface area contributed by atoms with Gasteiger partial charge in [-0.2, -0.15) is 0 Å². The van der Waals surface area contributed by atoms with E-state index in [0.29, 0.717) is 22.9 Å². The molecule has 5 heteroatoms. The summed E-state index contributed by atoms with van der Waals surface area (Å²) in [6.45, 7) is 0. The fourth-order valence-corrected chi connectivity index (χ4v) is 2.42. The molecule has 1 aromatic rings. The molecule has 1 N–H and O–H groups in total. The van der Waals surface area contributed by atoms with E-state index in [1.807, 2.05) is 6.07 Å². The molecule has 0 unspecified atom stereocenters. The summed E-state index contributed by atoms with van der Waals surface area (Å²) in [6, 6.07) is 5.27. The molecule has 1 aromatic carbocycles. The zero-order valence-electron chi connectivity index (χ0n) is 8.37. The number of carboxylic acid groups (broad SMARTS) is 1. The smallest absolute Gasteiger partial charge is 0.307 e. The summed E-state index contributed by atoms with van der Waals surface area (Å²) >= 11 is 5.26. The maximum Gasteiger partial charge on any atom is 0.307 e. The topological polar surface area (TPSA) is 54.4 Å². The molecular weight excluding hydrogens is 387 g/mol. The van der Waals surface area contributed by atoms with Crippen molar-refractivity contribution in [1.29, 1.82) is 0 Å². The Bertz CT molecular complexity index is 418. The Hall–Kier alpha value is -0.430. The summed E-state index contributed by atoms with van der Waals surface area (Å²) < 4.78 is 0.820. The summed E-state index contributed by atoms with van der Waals surface area (Å²) in [5.74, 6) is -0.941. The number of hydrogen-bond acceptors (Lipinski definition) is 2. The second kappa shape index (κ2) is 6.34. The fraction of sp³-hybridized carbons (Fsp3) is 0.273. The largest absolute Gasteiger partial charge is 0.481 e. The molecule has 1 rings (SSSR count). The molecule has 0 bridgehead atoms. The molecular formula is C11H10BrIO3. The molecule has 0 aromatic heterocycles. The van der Waals surface area contributed by atoms with Crippen molar-refractivity contribution in [2.75, 3.05) is 5.33 Å². The highest BCUT2D eigenvalue weighted by Gasteiger charge is 2.15. The standard InChI is InChI=1S/C11H10BrIO3/c12-5-4-10(14)7-2-1-3-9(13)8(7)6-11(15)16/h1-3H,4-6H2,(H,15,16). The van der Waals surface area contributed by atoms with Crippen LogP contribution in [0.4, 0.5) is 0 Å². The number of benzene rings is 1. The number of aliphatic carboxylic acids is 1. The third kappa shape index (κ3) is 3.55. The zero-order valence-corrected chi connectivity index (χ0v) is 12.1. The van der Waals surface area contributed by atoms with Gasteiger partial charge in [-0.3, -0.25) is 9.59 Å². The Morgan fingerprint density at radius 3 is 2.62 bits per heavy atom. The Morgan fingerprint density at radius 2 is 2.06 bits per heavy atom. The summed E-state index contributed by atoms with van der Waals surface area (Å²) in [5.41, 5.74) is 1.13. The molecule has 86 valence electrons. The average molecular weight is 397 g/mol. The minimum Gasteiger partial charge on any atom is -0.481 e. The number of carboxylic acids is 1. The maximum atomic E-state index is 11.8. The average Bonchev–Trinajstić information content (AvgIpc) is 2.20. The van der Waals surface area contributed by atoms with Crippen LogP contribution in [0.1, 0.15) is 22.3 Å². The number of ketones is 1. The van der Waals surface area contributed by atoms with E-state index in [0.717, 1.165) is 3.57 Å². The molecule has 0 aliphatic carbocycles. The minimum atomic E-state index is -0.919. The van der Waals surface area contributed by atoms with Gasteiger partial charge < -0.3 is 5.11 Å². The van der Waals surface area contributed by atoms with Crippen molar-refractivity contribution in [3.63, 3.8) is 0 Å². The number of rotatable bonds is 5. The van der Waals surface area contributed by atoms with Crippen LogP contribution in [0, 0.1) is 3.57 Å². The van der Waals surface area contributed by atoms with E-state index >= 15 is 0 Å². The number of carbonyl (C=O) groups excluding carboxylic acids is 1. The van der Waals surface area contributed by atoms with Crippen LogP contribution in [0.2, 0.25) is 0 Å². The number of alkyl halides is 1. The van der Waals surface area contributed by atoms with Crippen LogP contribution >= 0.6 is 38.5 Å². The van der Waals surface area contributed by atoms with Gasteiger partial charge in [0.05, 0.1) is 6.42 Å². The van der Waals surface area contributed by atoms with Gasteiger partial charge in [-0.1, -0.05) is 28.1 Å². The first-order valence-corrected chi connectivity index (χ1v) is 6.84. The van der Waals surface area contributed by atoms with E-state index in [2.05, 4.69) is 38.5 Å². The molecule has 0 radical (unpaired) electrons. The Kier molecular flexibility index (Phi) is 5.40. The van der Waals surface area contributed by atoms with Crippen molar-refractivity contribution >= 4 is 50.3 Å². The molecule has 0 aliphatic heterocycles. The lowest BCUT2D eigenvalue weighted by molar-refractivity contribution is -0.136. The molecule has 0 saturated heterocycles. The van der Waals surface area contributed by atoms with E-state index < -0.39 is 5.97 Å². The first-order valence-electron chi connectivity index (χ1n) is 4.64. The lowest BCUT2D eigenvalue weighted by Crippen LogP contribution is -2.10. The van der Waals surface area contributed by atoms with Crippen molar-refractivity contribution in [3.8, 4) is 0 Å². The SMILES string of the molecule is O=C(O)Cc1c(I)cccc1C(=O)CCBr. The molecule has 0 heterocycles. The lowest BCUT2D eigenvalue weighted by Gasteiger charge is -2.08. The van der Waals surface area contributed by atoms with Gasteiger partial charge in [0.15, 0.2) is 5.78 Å². The molecule has 0 amide bonds. The summed E-state index contributed by atoms with van der Waals surface area (Å²) in [5, 5.41) is 9.39. The Morgan fingerprint density at radius 1 is 1.38 bits per heavy atom. The second-order valence-electron chi connectivity index (χ2n) is 3.20. The van der Waals surface area contributed by atoms with Crippen LogP contribution in [-0.2, 0) is 11.2 Å². The van der Waals surface area contributed by atoms with Crippen LogP contribution in [0.15, 0.2) is 18.2 Å². The predicted molar refractivity (Wildman–Crippen MR) is 73.2 cm³/mol. The first-order chi connectivity index (χ1) is 7.56. The number of carbonyl (C=O) groups is 2. The molecule has 0 spiro atoms. The summed E-state index contributed by atoms with van der Waals surface area (Å²) in [7, 11) is 0. The summed E-state index contributed by atoms with van der Waals surface area (Å²) in [4.78, 5) is 22.5. The van der Waals surface area contributed by atoms with Crippen molar-refractivity contribution in [2.24, 2.45) is 0 Å². The highest BCUT2D eigenvalue weighted by atomic mass is 127. The minimum absolute atomic E-state index is 0.0216. The number of hydrogen-bond donors (Lipinski definition) is 1. The highest BCUT2D eigenvalue weighted by Crippen LogP contribution is 2.19. The van der Waals surface area contributed by atoms with Gasteiger partial charge >= 0.3 is 5.97 Å². The van der Waals surface area contributed by atoms with Crippen molar-refractivity contribution < 1.29 is 14.7 Å². The van der Waals surface area contributed by atoms with Crippen molar-refractivity contribution in [3.05, 3.63) is 32.9 Å². The van der Waals surface area contributed by atoms with Crippen molar-refractivity contribution in [2.45, 2.75) is 12.8 Å². The van der Waals surface area contributed by atoms with E-state index in [-0.39, 0.29) is 12.2 Å². The normalized spacial score (nSPS) is 10.1. The maximum absolute atomic E-state index is 11.8. The van der Waals surface area contributed by atoms with Crippen LogP contribution in [0.5, 0.6) is 0 Å². The third-order valence-electron chi connectivity index (χ3n) is 2.07. The molecule has 0 fully saturated rings. The van der Waals surface area contributed by atoms with E-state index in [1.165, 1.54) is 0 Å². The molecule has 0 atom stereocenters. The zero-order chi connectivity index (χ0) is 12.1. The quantitative estimate of drug-likeness (QED) is 0.473. The van der Waals surface area contributed by atoms with E-state index in [4.69, 9.17) is 5.11 Å². The molecule has 0 saturated carbocycles. The molecule has 3 nitrogen and oxygen atoms in total. The van der Waals surface area contributed by atoms with Gasteiger partial charge in [-0.15, -0.1) is 0 Å². The second-order valence-corrected chi connectivity index (χ2v) is 5.15. The Labute approximate surface area is 116 Å². The van der Waals surface area contributed by atoms with Crippen LogP contribution < -0.4 is 0 Å². The van der Waals surface area contributed by atoms with E-state index in [1.54, 1.807) is 12.1 Å². The monoisotopic (exact) mass is 396 g/mol. The molecule has 0 aliphatic rings. The first kappa shape index (κ1) is 13.6. The third-order valence-corrected chi connectivity index (χ3v) is 3.48. The Balaban J connectivity index is 3.11. The van der Waals surface area contributed by atoms with Gasteiger partial charge in [0.2, 0.25) is 0 Å². The predicted octanol–water partition coefficient (Wildman–Crippen LogP) is 2.89. The highest BCUT2D eigenvalue weighted by molar-refractivity contribution is 14.1. The number of halogens is 2. The van der Waals surface area contributed by atoms with Crippen molar-refractivity contribution in [1.82, 2.24) is 0 Å². The molecule has 16 heavy (non-hydrogen) atoms. The van der Waals surface area contributed by atoms with Gasteiger partial charge in [0, 0.05) is 20.9 Å². The summed E-state index contributed by atoms with van der Waals surface area (Å²) in [6.07, 6.45) is 0.273. The van der Waals surface area contributed by atoms with Gasteiger partial charge in [0.25, 0.3) is 0 Å². The van der Waals surface area contributed by atoms with E-state index in [9.17, 15) is 9.59 Å². The van der Waals surface area contributed by atoms with Gasteiger partial charge in [-0.25, -0.2) is 0 Å². The van der Waals surface area contributed by atoms with Crippen LogP contribution in [0.3, 0.4) is 0 Å². The van der Waals surface area contributed by atoms with Gasteiger partial charge in [0.1, 0.15) is 0 Å². The van der Waals surface area contributed by atoms with Crippen LogP contribution in [-0.4, -0.2) is 22.2 Å². The fourth-order valence-electron chi connectivity index (χ4n) is 1.37. The van der Waals surface area contributed by atoms with Gasteiger partial charge in [-0.05, 0) is 34.2 Å². The number of Topliss-reactive ketones (excluding diaryl/α,β-unsaturated/α-hetero) is 1. The lowest BCUT2D eigenvalue weighted by atomic mass is 10.00.